The molecule has 3 atom stereocenters. The van der Waals surface area contributed by atoms with E-state index in [1.165, 1.54) is 199 Å². The number of carbonyl (C=O) groups is 2. The summed E-state index contributed by atoms with van der Waals surface area (Å²) in [6, 6.07) is -1.47. The Morgan fingerprint density at radius 1 is 0.478 bits per heavy atom. The Morgan fingerprint density at radius 3 is 1.22 bits per heavy atom. The van der Waals surface area contributed by atoms with E-state index in [1.807, 2.05) is 0 Å². The van der Waals surface area contributed by atoms with Gasteiger partial charge in [0.05, 0.1) is 19.8 Å². The molecule has 67 heavy (non-hydrogen) atoms. The standard InChI is InChI=1S/C56H106NO9P/c1-3-5-7-9-11-13-15-17-19-21-23-25-27-28-30-32-34-36-38-40-42-44-46-48-55(58)66-53(51-64-67(61,62)65-52-54(57)56(59)60)50-63-49-47-45-43-41-39-37-35-33-31-29-26-24-22-20-18-16-14-12-10-8-6-4-2/h15,17,21-24,53-54H,3-14,16,18-20,25-52,57H2,1-2H3,(H,59,60)(H,61,62)/b17-15-,23-21-,24-22-. The second kappa shape index (κ2) is 52.0. The van der Waals surface area contributed by atoms with Crippen LogP contribution in [0.1, 0.15) is 271 Å². The molecule has 11 heteroatoms. The van der Waals surface area contributed by atoms with Crippen molar-refractivity contribution < 1.29 is 42.7 Å². The van der Waals surface area contributed by atoms with Crippen molar-refractivity contribution in [2.45, 2.75) is 283 Å². The molecule has 0 aliphatic rings. The van der Waals surface area contributed by atoms with Gasteiger partial charge in [-0.2, -0.15) is 0 Å². The highest BCUT2D eigenvalue weighted by Crippen LogP contribution is 2.43. The highest BCUT2D eigenvalue weighted by atomic mass is 31.2. The van der Waals surface area contributed by atoms with Gasteiger partial charge in [0.25, 0.3) is 0 Å². The maximum atomic E-state index is 12.7. The number of hydrogen-bond donors (Lipinski definition) is 3. The van der Waals surface area contributed by atoms with E-state index in [2.05, 4.69) is 50.3 Å². The topological polar surface area (TPSA) is 155 Å². The van der Waals surface area contributed by atoms with Gasteiger partial charge in [0.1, 0.15) is 12.1 Å². The summed E-state index contributed by atoms with van der Waals surface area (Å²) in [4.78, 5) is 33.8. The Balaban J connectivity index is 4.08. The van der Waals surface area contributed by atoms with E-state index in [9.17, 15) is 19.0 Å². The second-order valence-corrected chi connectivity index (χ2v) is 20.5. The maximum Gasteiger partial charge on any atom is 0.472 e. The molecule has 0 amide bonds. The molecule has 0 saturated carbocycles. The number of aliphatic carboxylic acids is 1. The third kappa shape index (κ3) is 51.9. The van der Waals surface area contributed by atoms with E-state index in [1.54, 1.807) is 0 Å². The fourth-order valence-corrected chi connectivity index (χ4v) is 8.82. The number of allylic oxidation sites excluding steroid dienone is 6. The number of rotatable bonds is 54. The molecule has 0 aromatic rings. The van der Waals surface area contributed by atoms with Gasteiger partial charge in [-0.1, -0.05) is 230 Å². The summed E-state index contributed by atoms with van der Waals surface area (Å²) in [6.45, 7) is 3.92. The zero-order valence-corrected chi connectivity index (χ0v) is 44.4. The number of esters is 1. The van der Waals surface area contributed by atoms with Crippen LogP contribution in [-0.4, -0.2) is 60.5 Å². The maximum absolute atomic E-state index is 12.7. The van der Waals surface area contributed by atoms with Crippen LogP contribution in [0.25, 0.3) is 0 Å². The normalized spacial score (nSPS) is 13.9. The highest BCUT2D eigenvalue weighted by molar-refractivity contribution is 7.47. The number of phosphoric acid groups is 1. The van der Waals surface area contributed by atoms with E-state index in [-0.39, 0.29) is 13.0 Å². The minimum absolute atomic E-state index is 0.0175. The summed E-state index contributed by atoms with van der Waals surface area (Å²) >= 11 is 0. The number of ether oxygens (including phenoxy) is 2. The van der Waals surface area contributed by atoms with Crippen LogP contribution < -0.4 is 5.73 Å². The molecular formula is C56H106NO9P. The fourth-order valence-electron chi connectivity index (χ4n) is 8.04. The van der Waals surface area contributed by atoms with E-state index in [0.717, 1.165) is 44.9 Å². The van der Waals surface area contributed by atoms with E-state index in [0.29, 0.717) is 13.0 Å². The Kier molecular flexibility index (Phi) is 50.6. The smallest absolute Gasteiger partial charge is 0.472 e. The average Bonchev–Trinajstić information content (AvgIpc) is 3.31. The highest BCUT2D eigenvalue weighted by Gasteiger charge is 2.27. The average molecular weight is 968 g/mol. The van der Waals surface area contributed by atoms with Gasteiger partial charge >= 0.3 is 19.8 Å². The van der Waals surface area contributed by atoms with Crippen molar-refractivity contribution in [1.29, 1.82) is 0 Å². The second-order valence-electron chi connectivity index (χ2n) is 19.1. The zero-order chi connectivity index (χ0) is 49.0. The van der Waals surface area contributed by atoms with Gasteiger partial charge in [0, 0.05) is 13.0 Å². The molecule has 0 heterocycles. The first-order valence-electron chi connectivity index (χ1n) is 28.0. The van der Waals surface area contributed by atoms with Crippen LogP contribution in [0.3, 0.4) is 0 Å². The quantitative estimate of drug-likeness (QED) is 0.0232. The fraction of sp³-hybridized carbons (Fsp3) is 0.857. The SMILES string of the molecule is CCCCCCC/C=C\C/C=C\CCCCCCCCCCCCCC(=O)OC(COCCCCCCCCCCCC/C=C\CCCCCCCCCC)COP(=O)(O)OCC(N)C(=O)O. The first-order valence-corrected chi connectivity index (χ1v) is 29.5. The molecule has 394 valence electrons. The number of nitrogens with two attached hydrogens (primary N) is 1. The van der Waals surface area contributed by atoms with E-state index in [4.69, 9.17) is 29.4 Å². The Bertz CT molecular complexity index is 1210. The first kappa shape index (κ1) is 65.2. The minimum atomic E-state index is -4.62. The van der Waals surface area contributed by atoms with Crippen LogP contribution in [0.5, 0.6) is 0 Å². The molecule has 0 aliphatic heterocycles. The van der Waals surface area contributed by atoms with Crippen LogP contribution >= 0.6 is 7.82 Å². The first-order chi connectivity index (χ1) is 32.7. The van der Waals surface area contributed by atoms with Crippen molar-refractivity contribution >= 4 is 19.8 Å². The third-order valence-corrected chi connectivity index (χ3v) is 13.3. The van der Waals surface area contributed by atoms with Gasteiger partial charge in [-0.3, -0.25) is 18.6 Å². The lowest BCUT2D eigenvalue weighted by Gasteiger charge is -2.20. The van der Waals surface area contributed by atoms with Crippen molar-refractivity contribution in [1.82, 2.24) is 0 Å². The Hall–Kier alpha value is -1.81. The Morgan fingerprint density at radius 2 is 0.821 bits per heavy atom. The molecule has 0 aromatic carbocycles. The summed E-state index contributed by atoms with van der Waals surface area (Å²) in [6.07, 6.45) is 62.1. The molecule has 0 rings (SSSR count). The van der Waals surface area contributed by atoms with Crippen LogP contribution in [0.15, 0.2) is 36.5 Å². The zero-order valence-electron chi connectivity index (χ0n) is 43.5. The lowest BCUT2D eigenvalue weighted by molar-refractivity contribution is -0.154. The van der Waals surface area contributed by atoms with E-state index < -0.39 is 45.1 Å². The molecule has 0 bridgehead atoms. The summed E-state index contributed by atoms with van der Waals surface area (Å²) in [5.74, 6) is -1.77. The molecule has 0 saturated heterocycles. The van der Waals surface area contributed by atoms with Crippen molar-refractivity contribution in [2.24, 2.45) is 5.73 Å². The summed E-state index contributed by atoms with van der Waals surface area (Å²) in [7, 11) is -4.62. The van der Waals surface area contributed by atoms with Gasteiger partial charge in [-0.15, -0.1) is 0 Å². The van der Waals surface area contributed by atoms with Crippen molar-refractivity contribution in [2.75, 3.05) is 26.4 Å². The van der Waals surface area contributed by atoms with Gasteiger partial charge in [-0.25, -0.2) is 4.57 Å². The number of carboxylic acids is 1. The Labute approximate surface area is 412 Å². The molecule has 3 unspecified atom stereocenters. The minimum Gasteiger partial charge on any atom is -0.480 e. The van der Waals surface area contributed by atoms with Crippen LogP contribution in [0.4, 0.5) is 0 Å². The molecule has 0 fully saturated rings. The summed E-state index contributed by atoms with van der Waals surface area (Å²) < 4.78 is 33.6. The molecule has 4 N–H and O–H groups in total. The van der Waals surface area contributed by atoms with Gasteiger partial charge in [0.2, 0.25) is 0 Å². The van der Waals surface area contributed by atoms with Gasteiger partial charge < -0.3 is 25.2 Å². The monoisotopic (exact) mass is 968 g/mol. The molecule has 0 aliphatic carbocycles. The molecule has 0 aromatic heterocycles. The number of phosphoric ester groups is 1. The predicted molar refractivity (Wildman–Crippen MR) is 281 cm³/mol. The lowest BCUT2D eigenvalue weighted by Crippen LogP contribution is -2.34. The molecule has 0 spiro atoms. The number of carboxylic acid groups (broad SMARTS) is 1. The van der Waals surface area contributed by atoms with Crippen molar-refractivity contribution in [3.05, 3.63) is 36.5 Å². The van der Waals surface area contributed by atoms with Gasteiger partial charge in [-0.05, 0) is 70.6 Å². The summed E-state index contributed by atoms with van der Waals surface area (Å²) in [5.41, 5.74) is 5.39. The third-order valence-electron chi connectivity index (χ3n) is 12.4. The summed E-state index contributed by atoms with van der Waals surface area (Å²) in [5, 5.41) is 8.95. The van der Waals surface area contributed by atoms with Crippen molar-refractivity contribution in [3.8, 4) is 0 Å². The van der Waals surface area contributed by atoms with Crippen LogP contribution in [0.2, 0.25) is 0 Å². The molecular weight excluding hydrogens is 862 g/mol. The predicted octanol–water partition coefficient (Wildman–Crippen LogP) is 16.8. The van der Waals surface area contributed by atoms with Crippen LogP contribution in [-0.2, 0) is 32.7 Å². The molecule has 0 radical (unpaired) electrons. The number of hydrogen-bond acceptors (Lipinski definition) is 8. The number of carbonyl (C=O) groups excluding carboxylic acids is 1. The lowest BCUT2D eigenvalue weighted by atomic mass is 10.0. The van der Waals surface area contributed by atoms with Crippen molar-refractivity contribution in [3.63, 3.8) is 0 Å². The number of unbranched alkanes of at least 4 members (excludes halogenated alkanes) is 34. The van der Waals surface area contributed by atoms with Gasteiger partial charge in [0.15, 0.2) is 0 Å². The van der Waals surface area contributed by atoms with E-state index >= 15 is 0 Å². The largest absolute Gasteiger partial charge is 0.480 e. The molecule has 10 nitrogen and oxygen atoms in total. The van der Waals surface area contributed by atoms with Crippen LogP contribution in [0, 0.1) is 0 Å².